The van der Waals surface area contributed by atoms with Crippen LogP contribution in [0.3, 0.4) is 0 Å². The average molecular weight is 263 g/mol. The summed E-state index contributed by atoms with van der Waals surface area (Å²) >= 11 is 4.00. The minimum absolute atomic E-state index is 0.616. The zero-order valence-electron chi connectivity index (χ0n) is 9.84. The number of piperidine rings is 1. The van der Waals surface area contributed by atoms with E-state index in [0.29, 0.717) is 4.71 Å². The predicted molar refractivity (Wildman–Crippen MR) is 78.8 cm³/mol. The van der Waals surface area contributed by atoms with E-state index in [4.69, 9.17) is 0 Å². The van der Waals surface area contributed by atoms with Crippen LogP contribution in [-0.4, -0.2) is 22.7 Å². The van der Waals surface area contributed by atoms with E-state index in [1.165, 1.54) is 42.8 Å². The molecule has 0 aliphatic carbocycles. The largest absolute Gasteiger partial charge is 0.283 e. The van der Waals surface area contributed by atoms with E-state index in [9.17, 15) is 0 Å². The van der Waals surface area contributed by atoms with Crippen LogP contribution < -0.4 is 0 Å². The molecule has 1 aromatic rings. The molecule has 2 heterocycles. The molecule has 1 saturated heterocycles. The highest BCUT2D eigenvalue weighted by atomic mass is 32.2. The van der Waals surface area contributed by atoms with Gasteiger partial charge in [-0.2, -0.15) is 0 Å². The van der Waals surface area contributed by atoms with Crippen molar-refractivity contribution in [1.82, 2.24) is 4.90 Å². The molecule has 0 bridgehead atoms. The summed E-state index contributed by atoms with van der Waals surface area (Å²) in [7, 11) is 0. The predicted octanol–water partition coefficient (Wildman–Crippen LogP) is 4.23. The van der Waals surface area contributed by atoms with E-state index in [2.05, 4.69) is 40.6 Å². The standard InChI is InChI=1S/C14H17NS2/c1-3-7-12(8-4-1)13-11-16-14(17-13)15-9-5-2-6-10-15/h1,3-4,7-8,11,14H,2,5-6,9-10H2/t14-/m0/s1. The number of hydrogen-bond donors (Lipinski definition) is 0. The first kappa shape index (κ1) is 11.7. The van der Waals surface area contributed by atoms with E-state index in [0.717, 1.165) is 0 Å². The van der Waals surface area contributed by atoms with Crippen molar-refractivity contribution in [1.29, 1.82) is 0 Å². The smallest absolute Gasteiger partial charge is 0.111 e. The Kier molecular flexibility index (Phi) is 3.79. The van der Waals surface area contributed by atoms with Gasteiger partial charge in [0.05, 0.1) is 0 Å². The van der Waals surface area contributed by atoms with Crippen molar-refractivity contribution >= 4 is 28.4 Å². The van der Waals surface area contributed by atoms with Gasteiger partial charge in [-0.1, -0.05) is 48.5 Å². The van der Waals surface area contributed by atoms with Crippen LogP contribution in [0.25, 0.3) is 4.91 Å². The highest BCUT2D eigenvalue weighted by molar-refractivity contribution is 8.26. The monoisotopic (exact) mass is 263 g/mol. The fraction of sp³-hybridized carbons (Fsp3) is 0.429. The second-order valence-electron chi connectivity index (χ2n) is 4.51. The summed E-state index contributed by atoms with van der Waals surface area (Å²) in [6.07, 6.45) is 4.16. The SMILES string of the molecule is C1=C(c2ccccc2)S[C@@H](N2CCCCC2)S1. The van der Waals surface area contributed by atoms with Crippen molar-refractivity contribution in [2.45, 2.75) is 24.0 Å². The molecule has 1 nitrogen and oxygen atoms in total. The summed E-state index contributed by atoms with van der Waals surface area (Å²) in [5.41, 5.74) is 1.37. The summed E-state index contributed by atoms with van der Waals surface area (Å²) in [6.45, 7) is 2.56. The number of thioether (sulfide) groups is 2. The maximum absolute atomic E-state index is 2.63. The normalized spacial score (nSPS) is 25.9. The minimum atomic E-state index is 0.616. The molecule has 17 heavy (non-hydrogen) atoms. The Hall–Kier alpha value is -0.380. The molecule has 3 heteroatoms. The lowest BCUT2D eigenvalue weighted by atomic mass is 10.1. The van der Waals surface area contributed by atoms with Crippen molar-refractivity contribution in [3.63, 3.8) is 0 Å². The zero-order chi connectivity index (χ0) is 11.5. The van der Waals surface area contributed by atoms with Gasteiger partial charge in [-0.25, -0.2) is 0 Å². The Labute approximate surface area is 112 Å². The summed E-state index contributed by atoms with van der Waals surface area (Å²) < 4.78 is 0.616. The summed E-state index contributed by atoms with van der Waals surface area (Å²) in [6, 6.07) is 10.7. The van der Waals surface area contributed by atoms with E-state index in [1.807, 2.05) is 23.5 Å². The van der Waals surface area contributed by atoms with Crippen LogP contribution in [0.2, 0.25) is 0 Å². The van der Waals surface area contributed by atoms with Crippen molar-refractivity contribution in [3.8, 4) is 0 Å². The fourth-order valence-electron chi connectivity index (χ4n) is 2.31. The molecule has 1 aromatic carbocycles. The lowest BCUT2D eigenvalue weighted by Gasteiger charge is -2.30. The van der Waals surface area contributed by atoms with Crippen molar-refractivity contribution in [2.75, 3.05) is 13.1 Å². The third-order valence-corrected chi connectivity index (χ3v) is 6.05. The molecule has 2 aliphatic rings. The van der Waals surface area contributed by atoms with Crippen molar-refractivity contribution < 1.29 is 0 Å². The number of rotatable bonds is 2. The third kappa shape index (κ3) is 2.72. The van der Waals surface area contributed by atoms with Gasteiger partial charge in [0, 0.05) is 4.91 Å². The second kappa shape index (κ2) is 5.51. The van der Waals surface area contributed by atoms with E-state index >= 15 is 0 Å². The molecule has 3 rings (SSSR count). The second-order valence-corrected chi connectivity index (χ2v) is 6.88. The lowest BCUT2D eigenvalue weighted by Crippen LogP contribution is -2.34. The first-order valence-corrected chi connectivity index (χ1v) is 8.07. The van der Waals surface area contributed by atoms with Gasteiger partial charge in [0.25, 0.3) is 0 Å². The minimum Gasteiger partial charge on any atom is -0.283 e. The summed E-state index contributed by atoms with van der Waals surface area (Å²) in [5, 5.41) is 2.33. The number of hydrogen-bond acceptors (Lipinski definition) is 3. The van der Waals surface area contributed by atoms with Gasteiger partial charge in [0.1, 0.15) is 4.71 Å². The maximum Gasteiger partial charge on any atom is 0.111 e. The molecule has 0 unspecified atom stereocenters. The van der Waals surface area contributed by atoms with Crippen molar-refractivity contribution in [2.24, 2.45) is 0 Å². The quantitative estimate of drug-likeness (QED) is 0.786. The van der Waals surface area contributed by atoms with Crippen LogP contribution in [0.4, 0.5) is 0 Å². The van der Waals surface area contributed by atoms with Gasteiger partial charge in [0.2, 0.25) is 0 Å². The fourth-order valence-corrected chi connectivity index (χ4v) is 5.01. The van der Waals surface area contributed by atoms with Gasteiger partial charge in [-0.3, -0.25) is 4.90 Å². The molecule has 2 aliphatic heterocycles. The molecule has 0 amide bonds. The molecular weight excluding hydrogens is 246 g/mol. The molecule has 1 atom stereocenters. The molecule has 0 saturated carbocycles. The van der Waals surface area contributed by atoms with Crippen LogP contribution in [-0.2, 0) is 0 Å². The average Bonchev–Trinajstić information content (AvgIpc) is 2.90. The van der Waals surface area contributed by atoms with Crippen molar-refractivity contribution in [3.05, 3.63) is 41.3 Å². The van der Waals surface area contributed by atoms with Gasteiger partial charge >= 0.3 is 0 Å². The molecule has 0 radical (unpaired) electrons. The van der Waals surface area contributed by atoms with Gasteiger partial charge < -0.3 is 0 Å². The van der Waals surface area contributed by atoms with Crippen LogP contribution in [0.1, 0.15) is 24.8 Å². The molecule has 90 valence electrons. The first-order chi connectivity index (χ1) is 8.43. The van der Waals surface area contributed by atoms with E-state index in [-0.39, 0.29) is 0 Å². The Bertz CT molecular complexity index is 396. The molecular formula is C14H17NS2. The van der Waals surface area contributed by atoms with Crippen LogP contribution in [0.5, 0.6) is 0 Å². The number of nitrogens with zero attached hydrogens (tertiary/aromatic N) is 1. The van der Waals surface area contributed by atoms with Crippen LogP contribution in [0.15, 0.2) is 35.7 Å². The van der Waals surface area contributed by atoms with E-state index < -0.39 is 0 Å². The highest BCUT2D eigenvalue weighted by Crippen LogP contribution is 2.47. The third-order valence-electron chi connectivity index (χ3n) is 3.27. The Morgan fingerprint density at radius 3 is 2.53 bits per heavy atom. The molecule has 0 spiro atoms. The molecule has 0 aromatic heterocycles. The van der Waals surface area contributed by atoms with E-state index in [1.54, 1.807) is 0 Å². The molecule has 0 N–H and O–H groups in total. The van der Waals surface area contributed by atoms with Gasteiger partial charge in [-0.05, 0) is 36.9 Å². The highest BCUT2D eigenvalue weighted by Gasteiger charge is 2.26. The Morgan fingerprint density at radius 2 is 1.76 bits per heavy atom. The number of benzene rings is 1. The zero-order valence-corrected chi connectivity index (χ0v) is 11.5. The summed E-state index contributed by atoms with van der Waals surface area (Å²) in [5.74, 6) is 0. The Morgan fingerprint density at radius 1 is 1.00 bits per heavy atom. The van der Waals surface area contributed by atoms with Crippen LogP contribution >= 0.6 is 23.5 Å². The topological polar surface area (TPSA) is 3.24 Å². The van der Waals surface area contributed by atoms with Gasteiger partial charge in [-0.15, -0.1) is 11.8 Å². The Balaban J connectivity index is 1.64. The lowest BCUT2D eigenvalue weighted by molar-refractivity contribution is 0.253. The number of likely N-dealkylation sites (tertiary alicyclic amines) is 1. The molecule has 1 fully saturated rings. The maximum atomic E-state index is 2.63. The van der Waals surface area contributed by atoms with Crippen LogP contribution in [0, 0.1) is 0 Å². The summed E-state index contributed by atoms with van der Waals surface area (Å²) in [4.78, 5) is 4.07. The van der Waals surface area contributed by atoms with Gasteiger partial charge in [0.15, 0.2) is 0 Å². The first-order valence-electron chi connectivity index (χ1n) is 6.25.